The molecule has 0 saturated carbocycles. The minimum Gasteiger partial charge on any atom is -0.469 e. The van der Waals surface area contributed by atoms with Crippen molar-refractivity contribution in [3.63, 3.8) is 0 Å². The van der Waals surface area contributed by atoms with Crippen molar-refractivity contribution in [2.75, 3.05) is 5.75 Å². The summed E-state index contributed by atoms with van der Waals surface area (Å²) in [6.07, 6.45) is 3.26. The number of amides is 1. The Labute approximate surface area is 156 Å². The van der Waals surface area contributed by atoms with Gasteiger partial charge in [0.2, 0.25) is 5.91 Å². The van der Waals surface area contributed by atoms with Crippen LogP contribution in [-0.4, -0.2) is 32.0 Å². The van der Waals surface area contributed by atoms with Gasteiger partial charge in [0, 0.05) is 5.54 Å². The summed E-state index contributed by atoms with van der Waals surface area (Å²) in [5, 5.41) is 12.2. The number of aryl methyl sites for hydroxylation is 1. The molecular weight excluding hydrogens is 352 g/mol. The lowest BCUT2D eigenvalue weighted by Crippen LogP contribution is -2.41. The molecule has 3 aromatic heterocycles. The van der Waals surface area contributed by atoms with Crippen LogP contribution in [0.3, 0.4) is 0 Å². The molecule has 7 nitrogen and oxygen atoms in total. The Kier molecular flexibility index (Phi) is 5.22. The van der Waals surface area contributed by atoms with E-state index in [4.69, 9.17) is 8.83 Å². The van der Waals surface area contributed by atoms with E-state index in [1.807, 2.05) is 50.5 Å². The molecule has 0 bridgehead atoms. The van der Waals surface area contributed by atoms with Gasteiger partial charge < -0.3 is 14.2 Å². The van der Waals surface area contributed by atoms with Gasteiger partial charge in [0.15, 0.2) is 11.0 Å². The van der Waals surface area contributed by atoms with Crippen molar-refractivity contribution < 1.29 is 13.6 Å². The van der Waals surface area contributed by atoms with Crippen LogP contribution in [0.15, 0.2) is 44.7 Å². The summed E-state index contributed by atoms with van der Waals surface area (Å²) in [4.78, 5) is 12.1. The van der Waals surface area contributed by atoms with Crippen molar-refractivity contribution in [1.29, 1.82) is 0 Å². The lowest BCUT2D eigenvalue weighted by Gasteiger charge is -2.20. The van der Waals surface area contributed by atoms with Crippen LogP contribution < -0.4 is 5.32 Å². The number of carbonyl (C=O) groups excluding carboxylic acids is 1. The van der Waals surface area contributed by atoms with Crippen LogP contribution in [0.1, 0.15) is 32.3 Å². The van der Waals surface area contributed by atoms with E-state index < -0.39 is 0 Å². The molecule has 0 saturated heterocycles. The second kappa shape index (κ2) is 7.41. The van der Waals surface area contributed by atoms with E-state index in [-0.39, 0.29) is 17.2 Å². The highest BCUT2D eigenvalue weighted by Crippen LogP contribution is 2.28. The molecule has 138 valence electrons. The quantitative estimate of drug-likeness (QED) is 0.665. The molecule has 3 heterocycles. The number of aromatic nitrogens is 3. The molecule has 0 aliphatic rings. The lowest BCUT2D eigenvalue weighted by molar-refractivity contribution is -0.119. The van der Waals surface area contributed by atoms with E-state index in [1.54, 1.807) is 12.5 Å². The molecule has 0 aromatic carbocycles. The molecular formula is C18H22N4O3S. The van der Waals surface area contributed by atoms with Gasteiger partial charge in [-0.3, -0.25) is 9.36 Å². The Hall–Kier alpha value is -2.48. The van der Waals surface area contributed by atoms with Crippen molar-refractivity contribution in [2.24, 2.45) is 0 Å². The molecule has 0 radical (unpaired) electrons. The van der Waals surface area contributed by atoms with Gasteiger partial charge in [0.05, 0.1) is 30.4 Å². The third-order valence-electron chi connectivity index (χ3n) is 3.56. The van der Waals surface area contributed by atoms with Gasteiger partial charge in [-0.05, 0) is 45.9 Å². The van der Waals surface area contributed by atoms with Crippen LogP contribution in [0, 0.1) is 6.92 Å². The molecule has 0 spiro atoms. The zero-order valence-electron chi connectivity index (χ0n) is 15.3. The van der Waals surface area contributed by atoms with Crippen LogP contribution in [0.25, 0.3) is 11.4 Å². The van der Waals surface area contributed by atoms with E-state index in [9.17, 15) is 4.79 Å². The van der Waals surface area contributed by atoms with Crippen molar-refractivity contribution in [2.45, 2.75) is 44.9 Å². The van der Waals surface area contributed by atoms with Gasteiger partial charge in [-0.25, -0.2) is 0 Å². The number of carbonyl (C=O) groups is 1. The van der Waals surface area contributed by atoms with Crippen LogP contribution in [0.4, 0.5) is 0 Å². The second-order valence-electron chi connectivity index (χ2n) is 6.95. The van der Waals surface area contributed by atoms with E-state index in [1.165, 1.54) is 11.8 Å². The van der Waals surface area contributed by atoms with Crippen molar-refractivity contribution >= 4 is 17.7 Å². The summed E-state index contributed by atoms with van der Waals surface area (Å²) < 4.78 is 12.8. The first-order valence-electron chi connectivity index (χ1n) is 8.27. The van der Waals surface area contributed by atoms with Crippen molar-refractivity contribution in [3.05, 3.63) is 42.2 Å². The van der Waals surface area contributed by atoms with E-state index in [0.717, 1.165) is 17.1 Å². The number of nitrogens with one attached hydrogen (secondary N) is 1. The van der Waals surface area contributed by atoms with E-state index in [0.29, 0.717) is 17.5 Å². The number of hydrogen-bond donors (Lipinski definition) is 1. The lowest BCUT2D eigenvalue weighted by atomic mass is 10.1. The fourth-order valence-electron chi connectivity index (χ4n) is 2.50. The summed E-state index contributed by atoms with van der Waals surface area (Å²) in [5.74, 6) is 2.45. The summed E-state index contributed by atoms with van der Waals surface area (Å²) in [6.45, 7) is 8.21. The maximum absolute atomic E-state index is 12.1. The highest BCUT2D eigenvalue weighted by molar-refractivity contribution is 7.99. The van der Waals surface area contributed by atoms with Crippen molar-refractivity contribution in [1.82, 2.24) is 20.1 Å². The van der Waals surface area contributed by atoms with E-state index in [2.05, 4.69) is 15.5 Å². The predicted octanol–water partition coefficient (Wildman–Crippen LogP) is 3.49. The highest BCUT2D eigenvalue weighted by atomic mass is 32.2. The second-order valence-corrected chi connectivity index (χ2v) is 7.89. The third kappa shape index (κ3) is 4.37. The summed E-state index contributed by atoms with van der Waals surface area (Å²) in [6, 6.07) is 5.59. The number of furan rings is 2. The summed E-state index contributed by atoms with van der Waals surface area (Å²) in [5.41, 5.74) is 0.605. The highest BCUT2D eigenvalue weighted by Gasteiger charge is 2.20. The Balaban J connectivity index is 1.84. The minimum atomic E-state index is -0.265. The van der Waals surface area contributed by atoms with Crippen LogP contribution >= 0.6 is 11.8 Å². The van der Waals surface area contributed by atoms with Gasteiger partial charge in [0.25, 0.3) is 0 Å². The monoisotopic (exact) mass is 374 g/mol. The maximum Gasteiger partial charge on any atom is 0.230 e. The average molecular weight is 374 g/mol. The van der Waals surface area contributed by atoms with Crippen molar-refractivity contribution in [3.8, 4) is 11.4 Å². The molecule has 3 aromatic rings. The van der Waals surface area contributed by atoms with E-state index >= 15 is 0 Å². The molecule has 1 N–H and O–H groups in total. The van der Waals surface area contributed by atoms with Gasteiger partial charge in [-0.1, -0.05) is 11.8 Å². The zero-order valence-corrected chi connectivity index (χ0v) is 16.1. The Morgan fingerprint density at radius 1 is 1.23 bits per heavy atom. The SMILES string of the molecule is Cc1occc1-c1nnc(SCC(=O)NC(C)(C)C)n1Cc1ccco1. The first kappa shape index (κ1) is 18.3. The predicted molar refractivity (Wildman–Crippen MR) is 98.9 cm³/mol. The normalized spacial score (nSPS) is 11.7. The fraction of sp³-hybridized carbons (Fsp3) is 0.389. The molecule has 0 aliphatic carbocycles. The Morgan fingerprint density at radius 3 is 2.65 bits per heavy atom. The number of rotatable bonds is 6. The van der Waals surface area contributed by atoms with Gasteiger partial charge in [0.1, 0.15) is 11.5 Å². The number of hydrogen-bond acceptors (Lipinski definition) is 6. The molecule has 0 aliphatic heterocycles. The molecule has 0 unspecified atom stereocenters. The van der Waals surface area contributed by atoms with Crippen LogP contribution in [-0.2, 0) is 11.3 Å². The van der Waals surface area contributed by atoms with Gasteiger partial charge >= 0.3 is 0 Å². The molecule has 3 rings (SSSR count). The first-order valence-corrected chi connectivity index (χ1v) is 9.26. The summed E-state index contributed by atoms with van der Waals surface area (Å²) in [7, 11) is 0. The number of nitrogens with zero attached hydrogens (tertiary/aromatic N) is 3. The third-order valence-corrected chi connectivity index (χ3v) is 4.52. The minimum absolute atomic E-state index is 0.0453. The molecule has 26 heavy (non-hydrogen) atoms. The van der Waals surface area contributed by atoms with Crippen LogP contribution in [0.2, 0.25) is 0 Å². The van der Waals surface area contributed by atoms with Gasteiger partial charge in [-0.2, -0.15) is 0 Å². The standard InChI is InChI=1S/C18H22N4O3S/c1-12-14(7-9-24-12)16-20-21-17(22(16)10-13-6-5-8-25-13)26-11-15(23)19-18(2,3)4/h5-9H,10-11H2,1-4H3,(H,19,23). The fourth-order valence-corrected chi connectivity index (χ4v) is 3.23. The average Bonchev–Trinajstić information content (AvgIpc) is 3.26. The Bertz CT molecular complexity index is 875. The molecule has 8 heteroatoms. The Morgan fingerprint density at radius 2 is 2.04 bits per heavy atom. The smallest absolute Gasteiger partial charge is 0.230 e. The molecule has 0 atom stereocenters. The largest absolute Gasteiger partial charge is 0.469 e. The molecule has 1 amide bonds. The molecule has 0 fully saturated rings. The van der Waals surface area contributed by atoms with Gasteiger partial charge in [-0.15, -0.1) is 10.2 Å². The maximum atomic E-state index is 12.1. The first-order chi connectivity index (χ1) is 12.3. The number of thioether (sulfide) groups is 1. The summed E-state index contributed by atoms with van der Waals surface area (Å²) >= 11 is 1.35. The topological polar surface area (TPSA) is 86.1 Å². The zero-order chi connectivity index (χ0) is 18.7. The van der Waals surface area contributed by atoms with Crippen LogP contribution in [0.5, 0.6) is 0 Å².